The Morgan fingerprint density at radius 1 is 1.69 bits per heavy atom. The smallest absolute Gasteiger partial charge is 0.263 e. The zero-order valence-corrected chi connectivity index (χ0v) is 7.53. The van der Waals surface area contributed by atoms with Gasteiger partial charge in [-0.15, -0.1) is 0 Å². The van der Waals surface area contributed by atoms with Gasteiger partial charge in [-0.1, -0.05) is 0 Å². The SMILES string of the molecule is C[C@H](O)CNc1noc(C2CC2)n1. The summed E-state index contributed by atoms with van der Waals surface area (Å²) < 4.78 is 5.02. The van der Waals surface area contributed by atoms with Crippen molar-refractivity contribution in [3.8, 4) is 0 Å². The molecule has 1 aliphatic carbocycles. The number of rotatable bonds is 4. The van der Waals surface area contributed by atoms with E-state index in [1.54, 1.807) is 6.92 Å². The zero-order valence-electron chi connectivity index (χ0n) is 7.53. The second kappa shape index (κ2) is 3.33. The molecule has 1 fully saturated rings. The molecule has 1 aromatic heterocycles. The van der Waals surface area contributed by atoms with E-state index in [1.807, 2.05) is 0 Å². The van der Waals surface area contributed by atoms with Gasteiger partial charge >= 0.3 is 0 Å². The Morgan fingerprint density at radius 3 is 3.08 bits per heavy atom. The van der Waals surface area contributed by atoms with E-state index in [2.05, 4.69) is 15.5 Å². The summed E-state index contributed by atoms with van der Waals surface area (Å²) in [4.78, 5) is 4.14. The molecule has 13 heavy (non-hydrogen) atoms. The van der Waals surface area contributed by atoms with E-state index in [0.717, 1.165) is 12.8 Å². The molecule has 2 N–H and O–H groups in total. The van der Waals surface area contributed by atoms with Crippen LogP contribution in [0.4, 0.5) is 5.95 Å². The van der Waals surface area contributed by atoms with Crippen LogP contribution in [0.15, 0.2) is 4.52 Å². The van der Waals surface area contributed by atoms with Gasteiger partial charge in [-0.2, -0.15) is 4.98 Å². The number of aromatic nitrogens is 2. The van der Waals surface area contributed by atoms with Crippen molar-refractivity contribution in [2.24, 2.45) is 0 Å². The van der Waals surface area contributed by atoms with Gasteiger partial charge in [0.15, 0.2) is 0 Å². The maximum atomic E-state index is 8.99. The van der Waals surface area contributed by atoms with Crippen LogP contribution < -0.4 is 5.32 Å². The molecule has 0 aliphatic heterocycles. The fourth-order valence-corrected chi connectivity index (χ4v) is 1.04. The maximum Gasteiger partial charge on any atom is 0.263 e. The highest BCUT2D eigenvalue weighted by atomic mass is 16.5. The highest BCUT2D eigenvalue weighted by Crippen LogP contribution is 2.39. The summed E-state index contributed by atoms with van der Waals surface area (Å²) in [5.74, 6) is 1.67. The van der Waals surface area contributed by atoms with Crippen molar-refractivity contribution in [1.29, 1.82) is 0 Å². The van der Waals surface area contributed by atoms with Crippen LogP contribution in [0.5, 0.6) is 0 Å². The number of anilines is 1. The molecule has 0 saturated heterocycles. The van der Waals surface area contributed by atoms with Crippen LogP contribution in [-0.2, 0) is 0 Å². The number of aliphatic hydroxyl groups is 1. The first-order chi connectivity index (χ1) is 6.25. The molecule has 0 aromatic carbocycles. The van der Waals surface area contributed by atoms with E-state index in [1.165, 1.54) is 0 Å². The number of nitrogens with one attached hydrogen (secondary N) is 1. The molecule has 0 amide bonds. The highest BCUT2D eigenvalue weighted by molar-refractivity contribution is 5.22. The molecule has 0 spiro atoms. The van der Waals surface area contributed by atoms with Crippen LogP contribution in [0.1, 0.15) is 31.6 Å². The zero-order chi connectivity index (χ0) is 9.26. The van der Waals surface area contributed by atoms with E-state index in [0.29, 0.717) is 24.3 Å². The summed E-state index contributed by atoms with van der Waals surface area (Å²) >= 11 is 0. The lowest BCUT2D eigenvalue weighted by atomic mass is 10.4. The largest absolute Gasteiger partial charge is 0.392 e. The molecule has 2 rings (SSSR count). The van der Waals surface area contributed by atoms with Gasteiger partial charge in [-0.05, 0) is 24.9 Å². The second-order valence-corrected chi connectivity index (χ2v) is 3.46. The molecule has 72 valence electrons. The summed E-state index contributed by atoms with van der Waals surface area (Å²) in [6, 6.07) is 0. The van der Waals surface area contributed by atoms with Gasteiger partial charge in [0.2, 0.25) is 5.89 Å². The first-order valence-electron chi connectivity index (χ1n) is 4.51. The first kappa shape index (κ1) is 8.50. The Bertz CT molecular complexity index is 281. The van der Waals surface area contributed by atoms with E-state index >= 15 is 0 Å². The number of nitrogens with zero attached hydrogens (tertiary/aromatic N) is 2. The van der Waals surface area contributed by atoms with Crippen molar-refractivity contribution in [2.45, 2.75) is 31.8 Å². The lowest BCUT2D eigenvalue weighted by molar-refractivity contribution is 0.208. The highest BCUT2D eigenvalue weighted by Gasteiger charge is 2.29. The normalized spacial score (nSPS) is 18.6. The van der Waals surface area contributed by atoms with Crippen molar-refractivity contribution in [3.63, 3.8) is 0 Å². The monoisotopic (exact) mass is 183 g/mol. The van der Waals surface area contributed by atoms with Gasteiger partial charge in [-0.3, -0.25) is 0 Å². The summed E-state index contributed by atoms with van der Waals surface area (Å²) in [7, 11) is 0. The third-order valence-electron chi connectivity index (χ3n) is 1.92. The summed E-state index contributed by atoms with van der Waals surface area (Å²) in [5, 5.41) is 15.6. The van der Waals surface area contributed by atoms with E-state index < -0.39 is 6.10 Å². The first-order valence-corrected chi connectivity index (χ1v) is 4.51. The predicted octanol–water partition coefficient (Wildman–Crippen LogP) is 0.740. The van der Waals surface area contributed by atoms with Crippen LogP contribution in [0.25, 0.3) is 0 Å². The molecule has 0 unspecified atom stereocenters. The number of hydrogen-bond donors (Lipinski definition) is 2. The van der Waals surface area contributed by atoms with Gasteiger partial charge in [0, 0.05) is 12.5 Å². The Hall–Kier alpha value is -1.10. The van der Waals surface area contributed by atoms with Crippen molar-refractivity contribution in [1.82, 2.24) is 10.1 Å². The van der Waals surface area contributed by atoms with Gasteiger partial charge in [-0.25, -0.2) is 0 Å². The molecule has 5 heteroatoms. The third-order valence-corrected chi connectivity index (χ3v) is 1.92. The number of hydrogen-bond acceptors (Lipinski definition) is 5. The Labute approximate surface area is 76.1 Å². The molecular weight excluding hydrogens is 170 g/mol. The van der Waals surface area contributed by atoms with Gasteiger partial charge < -0.3 is 14.9 Å². The molecule has 1 aliphatic rings. The molecule has 1 atom stereocenters. The number of aliphatic hydroxyl groups excluding tert-OH is 1. The minimum atomic E-state index is -0.400. The van der Waals surface area contributed by atoms with Crippen LogP contribution in [-0.4, -0.2) is 27.9 Å². The molecule has 0 radical (unpaired) electrons. The van der Waals surface area contributed by atoms with Gasteiger partial charge in [0.1, 0.15) is 0 Å². The average molecular weight is 183 g/mol. The molecule has 0 bridgehead atoms. The van der Waals surface area contributed by atoms with Gasteiger partial charge in [0.05, 0.1) is 6.10 Å². The predicted molar refractivity (Wildman–Crippen MR) is 46.4 cm³/mol. The lowest BCUT2D eigenvalue weighted by Gasteiger charge is -2.01. The minimum Gasteiger partial charge on any atom is -0.392 e. The Balaban J connectivity index is 1.89. The van der Waals surface area contributed by atoms with E-state index in [9.17, 15) is 0 Å². The summed E-state index contributed by atoms with van der Waals surface area (Å²) in [5.41, 5.74) is 0. The van der Waals surface area contributed by atoms with Crippen molar-refractivity contribution in [3.05, 3.63) is 5.89 Å². The molecular formula is C8H13N3O2. The third kappa shape index (κ3) is 2.18. The lowest BCUT2D eigenvalue weighted by Crippen LogP contribution is -2.15. The van der Waals surface area contributed by atoms with Gasteiger partial charge in [0.25, 0.3) is 5.95 Å². The minimum absolute atomic E-state index is 0.400. The topological polar surface area (TPSA) is 71.2 Å². The fraction of sp³-hybridized carbons (Fsp3) is 0.750. The fourth-order valence-electron chi connectivity index (χ4n) is 1.04. The Morgan fingerprint density at radius 2 is 2.46 bits per heavy atom. The summed E-state index contributed by atoms with van der Waals surface area (Å²) in [6.07, 6.45) is 1.90. The molecule has 5 nitrogen and oxygen atoms in total. The molecule has 1 heterocycles. The van der Waals surface area contributed by atoms with Crippen LogP contribution >= 0.6 is 0 Å². The Kier molecular flexibility index (Phi) is 2.18. The maximum absolute atomic E-state index is 8.99. The van der Waals surface area contributed by atoms with Crippen molar-refractivity contribution in [2.75, 3.05) is 11.9 Å². The van der Waals surface area contributed by atoms with Crippen molar-refractivity contribution >= 4 is 5.95 Å². The molecule has 1 aromatic rings. The van der Waals surface area contributed by atoms with Crippen LogP contribution in [0.3, 0.4) is 0 Å². The molecule has 1 saturated carbocycles. The second-order valence-electron chi connectivity index (χ2n) is 3.46. The quantitative estimate of drug-likeness (QED) is 0.720. The van der Waals surface area contributed by atoms with E-state index in [-0.39, 0.29) is 0 Å². The standard InChI is InChI=1S/C8H13N3O2/c1-5(12)4-9-8-10-7(13-11-8)6-2-3-6/h5-6,12H,2-4H2,1H3,(H,9,11)/t5-/m0/s1. The summed E-state index contributed by atoms with van der Waals surface area (Å²) in [6.45, 7) is 2.15. The van der Waals surface area contributed by atoms with Crippen molar-refractivity contribution < 1.29 is 9.63 Å². The van der Waals surface area contributed by atoms with Crippen LogP contribution in [0, 0.1) is 0 Å². The van der Waals surface area contributed by atoms with Crippen LogP contribution in [0.2, 0.25) is 0 Å². The average Bonchev–Trinajstić information content (AvgIpc) is 2.83. The van der Waals surface area contributed by atoms with E-state index in [4.69, 9.17) is 9.63 Å².